The summed E-state index contributed by atoms with van der Waals surface area (Å²) in [5.41, 5.74) is 0. The Hall–Kier alpha value is -0.350. The number of hydrogen-bond acceptors (Lipinski definition) is 2. The first kappa shape index (κ1) is 12.1. The van der Waals surface area contributed by atoms with E-state index in [0.717, 1.165) is 17.1 Å². The van der Waals surface area contributed by atoms with Crippen LogP contribution in [0, 0.1) is 0 Å². The average molecular weight is 286 g/mol. The summed E-state index contributed by atoms with van der Waals surface area (Å²) < 4.78 is 3.07. The second-order valence-electron chi connectivity index (χ2n) is 4.73. The molecule has 90 valence electrons. The molecule has 3 nitrogen and oxygen atoms in total. The molecule has 1 fully saturated rings. The molecular weight excluding hydrogens is 266 g/mol. The third kappa shape index (κ3) is 3.32. The lowest BCUT2D eigenvalue weighted by Gasteiger charge is -2.24. The van der Waals surface area contributed by atoms with Gasteiger partial charge in [0.05, 0.1) is 16.7 Å². The average Bonchev–Trinajstić information content (AvgIpc) is 2.74. The third-order valence-corrected chi connectivity index (χ3v) is 3.74. The lowest BCUT2D eigenvalue weighted by atomic mass is 9.95. The Morgan fingerprint density at radius 3 is 2.88 bits per heavy atom. The van der Waals surface area contributed by atoms with Gasteiger partial charge in [0, 0.05) is 18.8 Å². The van der Waals surface area contributed by atoms with Crippen molar-refractivity contribution in [3.05, 3.63) is 16.9 Å². The van der Waals surface area contributed by atoms with Gasteiger partial charge in [0.25, 0.3) is 0 Å². The van der Waals surface area contributed by atoms with Crippen LogP contribution >= 0.6 is 15.9 Å². The highest BCUT2D eigenvalue weighted by Gasteiger charge is 2.14. The molecule has 0 aromatic carbocycles. The Morgan fingerprint density at radius 1 is 1.50 bits per heavy atom. The van der Waals surface area contributed by atoms with Crippen molar-refractivity contribution in [1.82, 2.24) is 15.1 Å². The SMILES string of the molecule is CC(CNC1CCCCC1)n1cc(Br)cn1. The van der Waals surface area contributed by atoms with Crippen LogP contribution in [0.5, 0.6) is 0 Å². The fourth-order valence-corrected chi connectivity index (χ4v) is 2.59. The van der Waals surface area contributed by atoms with Crippen LogP contribution in [0.4, 0.5) is 0 Å². The van der Waals surface area contributed by atoms with Crippen LogP contribution in [0.25, 0.3) is 0 Å². The smallest absolute Gasteiger partial charge is 0.0632 e. The van der Waals surface area contributed by atoms with Crippen molar-refractivity contribution in [2.45, 2.75) is 51.1 Å². The van der Waals surface area contributed by atoms with Crippen molar-refractivity contribution in [1.29, 1.82) is 0 Å². The molecule has 0 saturated heterocycles. The molecule has 16 heavy (non-hydrogen) atoms. The van der Waals surface area contributed by atoms with Gasteiger partial charge in [-0.3, -0.25) is 4.68 Å². The molecule has 2 rings (SSSR count). The summed E-state index contributed by atoms with van der Waals surface area (Å²) in [5, 5.41) is 7.96. The summed E-state index contributed by atoms with van der Waals surface area (Å²) in [6, 6.07) is 1.16. The van der Waals surface area contributed by atoms with Crippen LogP contribution in [-0.2, 0) is 0 Å². The van der Waals surface area contributed by atoms with Gasteiger partial charge in [-0.1, -0.05) is 19.3 Å². The molecule has 4 heteroatoms. The predicted molar refractivity (Wildman–Crippen MR) is 69.5 cm³/mol. The fraction of sp³-hybridized carbons (Fsp3) is 0.750. The minimum atomic E-state index is 0.424. The Labute approximate surface area is 106 Å². The molecule has 1 saturated carbocycles. The van der Waals surface area contributed by atoms with Crippen LogP contribution in [-0.4, -0.2) is 22.4 Å². The van der Waals surface area contributed by atoms with Gasteiger partial charge < -0.3 is 5.32 Å². The van der Waals surface area contributed by atoms with Gasteiger partial charge in [0.1, 0.15) is 0 Å². The Balaban J connectivity index is 1.76. The van der Waals surface area contributed by atoms with E-state index in [1.165, 1.54) is 32.1 Å². The maximum atomic E-state index is 4.31. The molecule has 1 heterocycles. The number of rotatable bonds is 4. The monoisotopic (exact) mass is 285 g/mol. The van der Waals surface area contributed by atoms with E-state index in [1.807, 2.05) is 17.1 Å². The maximum absolute atomic E-state index is 4.31. The van der Waals surface area contributed by atoms with Gasteiger partial charge in [-0.15, -0.1) is 0 Å². The number of aromatic nitrogens is 2. The molecule has 1 aliphatic carbocycles. The summed E-state index contributed by atoms with van der Waals surface area (Å²) in [4.78, 5) is 0. The standard InChI is InChI=1S/C12H20BrN3/c1-10(16-9-11(13)8-15-16)7-14-12-5-3-2-4-6-12/h8-10,12,14H,2-7H2,1H3. The van der Waals surface area contributed by atoms with Gasteiger partial charge in [-0.05, 0) is 35.7 Å². The summed E-state index contributed by atoms with van der Waals surface area (Å²) in [5.74, 6) is 0. The molecule has 1 unspecified atom stereocenters. The number of nitrogens with one attached hydrogen (secondary N) is 1. The highest BCUT2D eigenvalue weighted by molar-refractivity contribution is 9.10. The first-order valence-electron chi connectivity index (χ1n) is 6.19. The van der Waals surface area contributed by atoms with Crippen molar-refractivity contribution in [3.8, 4) is 0 Å². The van der Waals surface area contributed by atoms with Gasteiger partial charge in [0.15, 0.2) is 0 Å². The molecule has 0 aliphatic heterocycles. The van der Waals surface area contributed by atoms with Crippen molar-refractivity contribution < 1.29 is 0 Å². The van der Waals surface area contributed by atoms with Gasteiger partial charge in [0.2, 0.25) is 0 Å². The molecule has 1 atom stereocenters. The Kier molecular flexibility index (Phi) is 4.41. The van der Waals surface area contributed by atoms with E-state index in [2.05, 4.69) is 33.3 Å². The maximum Gasteiger partial charge on any atom is 0.0632 e. The van der Waals surface area contributed by atoms with E-state index in [4.69, 9.17) is 0 Å². The third-order valence-electron chi connectivity index (χ3n) is 3.33. The van der Waals surface area contributed by atoms with E-state index < -0.39 is 0 Å². The molecular formula is C12H20BrN3. The highest BCUT2D eigenvalue weighted by Crippen LogP contribution is 2.18. The Bertz CT molecular complexity index is 318. The lowest BCUT2D eigenvalue weighted by Crippen LogP contribution is -2.35. The minimum Gasteiger partial charge on any atom is -0.312 e. The van der Waals surface area contributed by atoms with Crippen LogP contribution in [0.3, 0.4) is 0 Å². The normalized spacial score (nSPS) is 19.9. The van der Waals surface area contributed by atoms with Crippen molar-refractivity contribution in [2.24, 2.45) is 0 Å². The summed E-state index contributed by atoms with van der Waals surface area (Å²) in [6.07, 6.45) is 10.8. The number of nitrogens with zero attached hydrogens (tertiary/aromatic N) is 2. The van der Waals surface area contributed by atoms with Crippen LogP contribution in [0.2, 0.25) is 0 Å². The van der Waals surface area contributed by atoms with E-state index in [-0.39, 0.29) is 0 Å². The van der Waals surface area contributed by atoms with Gasteiger partial charge in [-0.25, -0.2) is 0 Å². The zero-order chi connectivity index (χ0) is 11.4. The van der Waals surface area contributed by atoms with Crippen LogP contribution in [0.15, 0.2) is 16.9 Å². The molecule has 1 aliphatic rings. The van der Waals surface area contributed by atoms with E-state index >= 15 is 0 Å². The zero-order valence-electron chi connectivity index (χ0n) is 9.82. The molecule has 0 spiro atoms. The van der Waals surface area contributed by atoms with E-state index in [0.29, 0.717) is 6.04 Å². The predicted octanol–water partition coefficient (Wildman–Crippen LogP) is 3.13. The minimum absolute atomic E-state index is 0.424. The Morgan fingerprint density at radius 2 is 2.25 bits per heavy atom. The summed E-state index contributed by atoms with van der Waals surface area (Å²) in [6.45, 7) is 3.22. The zero-order valence-corrected chi connectivity index (χ0v) is 11.4. The summed E-state index contributed by atoms with van der Waals surface area (Å²) in [7, 11) is 0. The highest BCUT2D eigenvalue weighted by atomic mass is 79.9. The van der Waals surface area contributed by atoms with Crippen LogP contribution in [0.1, 0.15) is 45.1 Å². The van der Waals surface area contributed by atoms with Crippen molar-refractivity contribution in [3.63, 3.8) is 0 Å². The largest absolute Gasteiger partial charge is 0.312 e. The second-order valence-corrected chi connectivity index (χ2v) is 5.65. The van der Waals surface area contributed by atoms with Crippen molar-refractivity contribution >= 4 is 15.9 Å². The molecule has 0 radical (unpaired) electrons. The molecule has 0 bridgehead atoms. The van der Waals surface area contributed by atoms with Gasteiger partial charge >= 0.3 is 0 Å². The van der Waals surface area contributed by atoms with E-state index in [1.54, 1.807) is 0 Å². The quantitative estimate of drug-likeness (QED) is 0.921. The summed E-state index contributed by atoms with van der Waals surface area (Å²) >= 11 is 3.42. The van der Waals surface area contributed by atoms with Crippen molar-refractivity contribution in [2.75, 3.05) is 6.54 Å². The van der Waals surface area contributed by atoms with Crippen LogP contribution < -0.4 is 5.32 Å². The fourth-order valence-electron chi connectivity index (χ4n) is 2.29. The molecule has 1 N–H and O–H groups in total. The second kappa shape index (κ2) is 5.82. The molecule has 1 aromatic rings. The first-order chi connectivity index (χ1) is 7.75. The topological polar surface area (TPSA) is 29.9 Å². The molecule has 0 amide bonds. The lowest BCUT2D eigenvalue weighted by molar-refractivity contribution is 0.343. The first-order valence-corrected chi connectivity index (χ1v) is 6.98. The van der Waals surface area contributed by atoms with Gasteiger partial charge in [-0.2, -0.15) is 5.10 Å². The molecule has 1 aromatic heterocycles. The van der Waals surface area contributed by atoms with E-state index in [9.17, 15) is 0 Å². The number of hydrogen-bond donors (Lipinski definition) is 1. The number of halogens is 1.